The number of hydrogen-bond acceptors (Lipinski definition) is 5. The summed E-state index contributed by atoms with van der Waals surface area (Å²) in [6.07, 6.45) is 1.19. The van der Waals surface area contributed by atoms with Crippen LogP contribution in [-0.4, -0.2) is 30.4 Å². The van der Waals surface area contributed by atoms with Gasteiger partial charge in [0.2, 0.25) is 0 Å². The van der Waals surface area contributed by atoms with Crippen molar-refractivity contribution < 1.29 is 19.0 Å². The van der Waals surface area contributed by atoms with Crippen LogP contribution in [0.1, 0.15) is 30.9 Å². The molecule has 162 valence electrons. The molecule has 1 saturated heterocycles. The van der Waals surface area contributed by atoms with Gasteiger partial charge in [-0.15, -0.1) is 0 Å². The summed E-state index contributed by atoms with van der Waals surface area (Å²) >= 11 is 0. The van der Waals surface area contributed by atoms with Crippen molar-refractivity contribution >= 4 is 16.9 Å². The number of pyridine rings is 1. The molecule has 3 aromatic rings. The molecular formula is C25H27NO5. The second-order valence-corrected chi connectivity index (χ2v) is 7.86. The van der Waals surface area contributed by atoms with Gasteiger partial charge in [-0.1, -0.05) is 18.2 Å². The largest absolute Gasteiger partial charge is 0.489 e. The number of aryl methyl sites for hydroxylation is 1. The van der Waals surface area contributed by atoms with Crippen LogP contribution in [0.5, 0.6) is 5.75 Å². The summed E-state index contributed by atoms with van der Waals surface area (Å²) in [5.41, 5.74) is 2.07. The number of esters is 1. The molecular weight excluding hydrogens is 394 g/mol. The Morgan fingerprint density at radius 2 is 1.90 bits per heavy atom. The molecule has 6 heteroatoms. The summed E-state index contributed by atoms with van der Waals surface area (Å²) in [4.78, 5) is 24.6. The van der Waals surface area contributed by atoms with Gasteiger partial charge in [0, 0.05) is 26.3 Å². The number of aromatic nitrogens is 1. The first kappa shape index (κ1) is 21.1. The highest BCUT2D eigenvalue weighted by atomic mass is 16.5. The van der Waals surface area contributed by atoms with Crippen LogP contribution >= 0.6 is 0 Å². The number of rotatable bonds is 6. The second-order valence-electron chi connectivity index (χ2n) is 7.86. The quantitative estimate of drug-likeness (QED) is 0.568. The fourth-order valence-corrected chi connectivity index (χ4v) is 4.17. The normalized spacial score (nSPS) is 15.5. The van der Waals surface area contributed by atoms with Gasteiger partial charge in [0.05, 0.1) is 17.5 Å². The van der Waals surface area contributed by atoms with Crippen LogP contribution in [0.3, 0.4) is 0 Å². The van der Waals surface area contributed by atoms with E-state index in [1.54, 1.807) is 17.7 Å². The van der Waals surface area contributed by atoms with Crippen LogP contribution < -0.4 is 10.3 Å². The van der Waals surface area contributed by atoms with Gasteiger partial charge < -0.3 is 18.8 Å². The van der Waals surface area contributed by atoms with Crippen LogP contribution in [0.2, 0.25) is 0 Å². The monoisotopic (exact) mass is 421 g/mol. The van der Waals surface area contributed by atoms with E-state index >= 15 is 0 Å². The van der Waals surface area contributed by atoms with Gasteiger partial charge in [0.15, 0.2) is 0 Å². The lowest BCUT2D eigenvalue weighted by molar-refractivity contribution is -0.154. The van der Waals surface area contributed by atoms with E-state index in [0.717, 1.165) is 22.0 Å². The molecule has 0 radical (unpaired) electrons. The molecule has 0 bridgehead atoms. The molecule has 0 saturated carbocycles. The van der Waals surface area contributed by atoms with E-state index in [9.17, 15) is 9.59 Å². The summed E-state index contributed by atoms with van der Waals surface area (Å²) in [5.74, 6) is 0.504. The van der Waals surface area contributed by atoms with Crippen molar-refractivity contribution in [2.24, 2.45) is 7.05 Å². The van der Waals surface area contributed by atoms with Crippen molar-refractivity contribution in [3.63, 3.8) is 0 Å². The third-order valence-electron chi connectivity index (χ3n) is 5.99. The predicted octanol–water partition coefficient (Wildman–Crippen LogP) is 3.73. The number of nitrogens with zero attached hydrogens (tertiary/aromatic N) is 1. The minimum absolute atomic E-state index is 0.0306. The van der Waals surface area contributed by atoms with Crippen molar-refractivity contribution in [1.29, 1.82) is 0 Å². The van der Waals surface area contributed by atoms with Crippen LogP contribution in [0.4, 0.5) is 0 Å². The van der Waals surface area contributed by atoms with Crippen molar-refractivity contribution in [2.75, 3.05) is 19.8 Å². The molecule has 0 N–H and O–H groups in total. The fourth-order valence-electron chi connectivity index (χ4n) is 4.17. The highest BCUT2D eigenvalue weighted by Crippen LogP contribution is 2.37. The Morgan fingerprint density at radius 3 is 2.68 bits per heavy atom. The van der Waals surface area contributed by atoms with E-state index in [1.165, 1.54) is 0 Å². The second kappa shape index (κ2) is 8.94. The third kappa shape index (κ3) is 4.21. The Labute approximate surface area is 181 Å². The van der Waals surface area contributed by atoms with Crippen LogP contribution in [-0.2, 0) is 33.3 Å². The minimum atomic E-state index is -0.693. The van der Waals surface area contributed by atoms with E-state index in [0.29, 0.717) is 45.0 Å². The number of fused-ring (bicyclic) bond motifs is 1. The van der Waals surface area contributed by atoms with Gasteiger partial charge in [0.25, 0.3) is 5.56 Å². The molecule has 2 heterocycles. The molecule has 1 fully saturated rings. The number of hydrogen-bond donors (Lipinski definition) is 0. The minimum Gasteiger partial charge on any atom is -0.489 e. The van der Waals surface area contributed by atoms with Gasteiger partial charge in [-0.25, -0.2) is 0 Å². The third-order valence-corrected chi connectivity index (χ3v) is 5.99. The van der Waals surface area contributed by atoms with E-state index in [1.807, 2.05) is 55.5 Å². The van der Waals surface area contributed by atoms with Gasteiger partial charge in [-0.2, -0.15) is 0 Å². The van der Waals surface area contributed by atoms with Gasteiger partial charge in [-0.05, 0) is 66.6 Å². The zero-order chi connectivity index (χ0) is 21.8. The summed E-state index contributed by atoms with van der Waals surface area (Å²) in [6, 6.07) is 17.0. The highest BCUT2D eigenvalue weighted by molar-refractivity contribution is 5.83. The SMILES string of the molecule is CCOC(=O)C1(c2cccc(OCc3ccc4c(ccc(=O)n4C)c3)c2)CCOCC1. The standard InChI is InChI=1S/C25H27NO5/c1-3-30-24(28)25(11-13-29-14-12-25)20-5-4-6-21(16-20)31-17-18-7-9-22-19(15-18)8-10-23(27)26(22)2/h4-10,15-16H,3,11-14,17H2,1-2H3. The van der Waals surface area contributed by atoms with Crippen molar-refractivity contribution in [3.8, 4) is 5.75 Å². The number of carbonyl (C=O) groups excluding carboxylic acids is 1. The first-order chi connectivity index (χ1) is 15.0. The average molecular weight is 421 g/mol. The Kier molecular flexibility index (Phi) is 6.09. The molecule has 0 amide bonds. The van der Waals surface area contributed by atoms with E-state index in [2.05, 4.69) is 0 Å². The predicted molar refractivity (Wildman–Crippen MR) is 118 cm³/mol. The van der Waals surface area contributed by atoms with E-state index in [-0.39, 0.29) is 11.5 Å². The number of benzene rings is 2. The molecule has 0 unspecified atom stereocenters. The van der Waals surface area contributed by atoms with Crippen molar-refractivity contribution in [1.82, 2.24) is 4.57 Å². The Balaban J connectivity index is 1.56. The fraction of sp³-hybridized carbons (Fsp3) is 0.360. The lowest BCUT2D eigenvalue weighted by Gasteiger charge is -2.35. The first-order valence-corrected chi connectivity index (χ1v) is 10.6. The highest BCUT2D eigenvalue weighted by Gasteiger charge is 2.43. The maximum absolute atomic E-state index is 12.8. The van der Waals surface area contributed by atoms with Gasteiger partial charge in [-0.3, -0.25) is 9.59 Å². The molecule has 0 aliphatic carbocycles. The first-order valence-electron chi connectivity index (χ1n) is 10.6. The van der Waals surface area contributed by atoms with E-state index < -0.39 is 5.41 Å². The Morgan fingerprint density at radius 1 is 1.10 bits per heavy atom. The Hall–Kier alpha value is -3.12. The molecule has 1 aliphatic rings. The summed E-state index contributed by atoms with van der Waals surface area (Å²) < 4.78 is 18.6. The lowest BCUT2D eigenvalue weighted by atomic mass is 9.74. The summed E-state index contributed by atoms with van der Waals surface area (Å²) in [7, 11) is 1.77. The maximum atomic E-state index is 12.8. The molecule has 4 rings (SSSR count). The molecule has 0 spiro atoms. The van der Waals surface area contributed by atoms with Gasteiger partial charge >= 0.3 is 5.97 Å². The zero-order valence-corrected chi connectivity index (χ0v) is 17.9. The molecule has 6 nitrogen and oxygen atoms in total. The summed E-state index contributed by atoms with van der Waals surface area (Å²) in [5, 5.41) is 0.987. The maximum Gasteiger partial charge on any atom is 0.316 e. The molecule has 1 aromatic heterocycles. The van der Waals surface area contributed by atoms with Crippen LogP contribution in [0.25, 0.3) is 10.9 Å². The topological polar surface area (TPSA) is 66.8 Å². The van der Waals surface area contributed by atoms with Gasteiger partial charge in [0.1, 0.15) is 12.4 Å². The Bertz CT molecular complexity index is 1140. The van der Waals surface area contributed by atoms with Crippen molar-refractivity contribution in [3.05, 3.63) is 76.1 Å². The zero-order valence-electron chi connectivity index (χ0n) is 17.9. The average Bonchev–Trinajstić information content (AvgIpc) is 2.81. The molecule has 1 aliphatic heterocycles. The molecule has 0 atom stereocenters. The molecule has 31 heavy (non-hydrogen) atoms. The smallest absolute Gasteiger partial charge is 0.316 e. The number of ether oxygens (including phenoxy) is 3. The summed E-state index contributed by atoms with van der Waals surface area (Å²) in [6.45, 7) is 3.63. The van der Waals surface area contributed by atoms with E-state index in [4.69, 9.17) is 14.2 Å². The van der Waals surface area contributed by atoms with Crippen LogP contribution in [0, 0.1) is 0 Å². The molecule has 2 aromatic carbocycles. The lowest BCUT2D eigenvalue weighted by Crippen LogP contribution is -2.42. The van der Waals surface area contributed by atoms with Crippen molar-refractivity contribution in [2.45, 2.75) is 31.8 Å². The van der Waals surface area contributed by atoms with Crippen LogP contribution in [0.15, 0.2) is 59.4 Å². The number of carbonyl (C=O) groups is 1.